The number of hydrogen-bond acceptors (Lipinski definition) is 4. The summed E-state index contributed by atoms with van der Waals surface area (Å²) < 4.78 is 26.5. The predicted octanol–water partition coefficient (Wildman–Crippen LogP) is -0.0981. The molecule has 1 amide bonds. The maximum Gasteiger partial charge on any atom is 0.241 e. The van der Waals surface area contributed by atoms with E-state index in [1.807, 2.05) is 6.92 Å². The lowest BCUT2D eigenvalue weighted by molar-refractivity contribution is -0.128. The first-order valence-electron chi connectivity index (χ1n) is 5.94. The third-order valence-electron chi connectivity index (χ3n) is 2.80. The van der Waals surface area contributed by atoms with E-state index in [0.717, 1.165) is 0 Å². The Bertz CT molecular complexity index is 543. The molecule has 0 aliphatic rings. The molecule has 0 aromatic heterocycles. The molecule has 1 rings (SSSR count). The summed E-state index contributed by atoms with van der Waals surface area (Å²) in [6.07, 6.45) is 0. The lowest BCUT2D eigenvalue weighted by Gasteiger charge is -2.15. The Morgan fingerprint density at radius 1 is 1.37 bits per heavy atom. The molecular weight excluding hydrogens is 266 g/mol. The molecular formula is C12H19N3O3S. The van der Waals surface area contributed by atoms with Crippen molar-refractivity contribution in [1.82, 2.24) is 9.62 Å². The molecule has 0 bridgehead atoms. The smallest absolute Gasteiger partial charge is 0.241 e. The van der Waals surface area contributed by atoms with Crippen molar-refractivity contribution in [2.24, 2.45) is 5.73 Å². The van der Waals surface area contributed by atoms with E-state index in [4.69, 9.17) is 5.73 Å². The van der Waals surface area contributed by atoms with Crippen LogP contribution in [-0.4, -0.2) is 39.4 Å². The number of hydrogen-bond donors (Lipinski definition) is 2. The lowest BCUT2D eigenvalue weighted by atomic mass is 10.2. The van der Waals surface area contributed by atoms with Crippen molar-refractivity contribution in [2.45, 2.75) is 18.4 Å². The van der Waals surface area contributed by atoms with E-state index in [-0.39, 0.29) is 23.9 Å². The van der Waals surface area contributed by atoms with Gasteiger partial charge in [0.1, 0.15) is 0 Å². The minimum atomic E-state index is -3.72. The first-order chi connectivity index (χ1) is 8.92. The molecule has 0 aliphatic carbocycles. The molecule has 0 saturated carbocycles. The minimum Gasteiger partial charge on any atom is -0.345 e. The summed E-state index contributed by atoms with van der Waals surface area (Å²) in [6, 6.07) is 6.46. The van der Waals surface area contributed by atoms with E-state index in [2.05, 4.69) is 4.72 Å². The van der Waals surface area contributed by atoms with Crippen LogP contribution in [0.3, 0.4) is 0 Å². The molecule has 0 unspecified atom stereocenters. The Balaban J connectivity index is 2.85. The van der Waals surface area contributed by atoms with Crippen LogP contribution in [0.4, 0.5) is 0 Å². The molecule has 106 valence electrons. The fourth-order valence-electron chi connectivity index (χ4n) is 1.48. The van der Waals surface area contributed by atoms with E-state index < -0.39 is 10.0 Å². The van der Waals surface area contributed by atoms with Crippen LogP contribution in [0.25, 0.3) is 0 Å². The summed E-state index contributed by atoms with van der Waals surface area (Å²) in [6.45, 7) is 2.21. The average molecular weight is 285 g/mol. The molecule has 3 N–H and O–H groups in total. The summed E-state index contributed by atoms with van der Waals surface area (Å²) in [4.78, 5) is 13.1. The van der Waals surface area contributed by atoms with Crippen LogP contribution in [0.1, 0.15) is 12.5 Å². The number of sulfonamides is 1. The van der Waals surface area contributed by atoms with Crippen LogP contribution < -0.4 is 10.5 Å². The molecule has 19 heavy (non-hydrogen) atoms. The quantitative estimate of drug-likeness (QED) is 0.763. The average Bonchev–Trinajstić information content (AvgIpc) is 2.43. The van der Waals surface area contributed by atoms with Crippen LogP contribution in [0, 0.1) is 0 Å². The molecule has 0 aliphatic heterocycles. The largest absolute Gasteiger partial charge is 0.345 e. The number of likely N-dealkylation sites (N-methyl/N-ethyl adjacent to an activating group) is 1. The third kappa shape index (κ3) is 4.02. The zero-order valence-corrected chi connectivity index (χ0v) is 11.9. The summed E-state index contributed by atoms with van der Waals surface area (Å²) >= 11 is 0. The fourth-order valence-corrected chi connectivity index (χ4v) is 2.70. The number of amides is 1. The Labute approximate surface area is 113 Å². The van der Waals surface area contributed by atoms with Gasteiger partial charge in [-0.2, -0.15) is 0 Å². The van der Waals surface area contributed by atoms with Gasteiger partial charge in [0.05, 0.1) is 11.4 Å². The monoisotopic (exact) mass is 285 g/mol. The Kier molecular flexibility index (Phi) is 5.46. The van der Waals surface area contributed by atoms with Crippen LogP contribution in [0.15, 0.2) is 29.2 Å². The van der Waals surface area contributed by atoms with Gasteiger partial charge in [-0.15, -0.1) is 0 Å². The maximum atomic E-state index is 12.1. The van der Waals surface area contributed by atoms with Crippen LogP contribution >= 0.6 is 0 Å². The van der Waals surface area contributed by atoms with Gasteiger partial charge >= 0.3 is 0 Å². The van der Waals surface area contributed by atoms with Crippen molar-refractivity contribution < 1.29 is 13.2 Å². The fraction of sp³-hybridized carbons (Fsp3) is 0.417. The topological polar surface area (TPSA) is 92.5 Å². The van der Waals surface area contributed by atoms with Gasteiger partial charge in [-0.3, -0.25) is 4.79 Å². The van der Waals surface area contributed by atoms with Gasteiger partial charge in [-0.05, 0) is 18.6 Å². The standard InChI is InChI=1S/C12H19N3O3S/c1-3-15(2)12(16)9-14-19(17,18)11-7-5-4-6-10(11)8-13/h4-7,14H,3,8-9,13H2,1-2H3. The van der Waals surface area contributed by atoms with Crippen molar-refractivity contribution >= 4 is 15.9 Å². The minimum absolute atomic E-state index is 0.115. The lowest BCUT2D eigenvalue weighted by Crippen LogP contribution is -2.38. The Morgan fingerprint density at radius 2 is 2.00 bits per heavy atom. The third-order valence-corrected chi connectivity index (χ3v) is 4.30. The Hall–Kier alpha value is -1.44. The van der Waals surface area contributed by atoms with Crippen molar-refractivity contribution in [1.29, 1.82) is 0 Å². The first-order valence-corrected chi connectivity index (χ1v) is 7.42. The SMILES string of the molecule is CCN(C)C(=O)CNS(=O)(=O)c1ccccc1CN. The summed E-state index contributed by atoms with van der Waals surface area (Å²) in [5.74, 6) is -0.281. The summed E-state index contributed by atoms with van der Waals surface area (Å²) in [5.41, 5.74) is 6.03. The second kappa shape index (κ2) is 6.65. The maximum absolute atomic E-state index is 12.1. The van der Waals surface area contributed by atoms with E-state index in [9.17, 15) is 13.2 Å². The van der Waals surface area contributed by atoms with Gasteiger partial charge < -0.3 is 10.6 Å². The van der Waals surface area contributed by atoms with E-state index in [1.54, 1.807) is 25.2 Å². The molecule has 0 atom stereocenters. The van der Waals surface area contributed by atoms with Gasteiger partial charge in [0, 0.05) is 20.1 Å². The highest BCUT2D eigenvalue weighted by Crippen LogP contribution is 2.14. The number of nitrogens with one attached hydrogen (secondary N) is 1. The first kappa shape index (κ1) is 15.6. The number of benzene rings is 1. The summed E-state index contributed by atoms with van der Waals surface area (Å²) in [5, 5.41) is 0. The molecule has 0 radical (unpaired) electrons. The molecule has 1 aromatic rings. The number of rotatable bonds is 6. The number of carbonyl (C=O) groups is 1. The van der Waals surface area contributed by atoms with Crippen LogP contribution in [0.5, 0.6) is 0 Å². The Morgan fingerprint density at radius 3 is 2.58 bits per heavy atom. The molecule has 1 aromatic carbocycles. The van der Waals surface area contributed by atoms with E-state index >= 15 is 0 Å². The zero-order chi connectivity index (χ0) is 14.5. The molecule has 0 spiro atoms. The van der Waals surface area contributed by atoms with Gasteiger partial charge in [0.25, 0.3) is 0 Å². The van der Waals surface area contributed by atoms with E-state index in [1.165, 1.54) is 11.0 Å². The second-order valence-electron chi connectivity index (χ2n) is 4.04. The molecule has 0 saturated heterocycles. The molecule has 6 nitrogen and oxygen atoms in total. The number of carbonyl (C=O) groups excluding carboxylic acids is 1. The van der Waals surface area contributed by atoms with Gasteiger partial charge in [-0.25, -0.2) is 13.1 Å². The second-order valence-corrected chi connectivity index (χ2v) is 5.78. The highest BCUT2D eigenvalue weighted by molar-refractivity contribution is 7.89. The van der Waals surface area contributed by atoms with Gasteiger partial charge in [-0.1, -0.05) is 18.2 Å². The summed E-state index contributed by atoms with van der Waals surface area (Å²) in [7, 11) is -2.10. The van der Waals surface area contributed by atoms with Crippen molar-refractivity contribution in [3.63, 3.8) is 0 Å². The van der Waals surface area contributed by atoms with Crippen molar-refractivity contribution in [3.05, 3.63) is 29.8 Å². The number of nitrogens with zero attached hydrogens (tertiary/aromatic N) is 1. The normalized spacial score (nSPS) is 11.3. The highest BCUT2D eigenvalue weighted by Gasteiger charge is 2.19. The highest BCUT2D eigenvalue weighted by atomic mass is 32.2. The molecule has 7 heteroatoms. The zero-order valence-electron chi connectivity index (χ0n) is 11.1. The molecule has 0 heterocycles. The van der Waals surface area contributed by atoms with Crippen molar-refractivity contribution in [2.75, 3.05) is 20.1 Å². The van der Waals surface area contributed by atoms with Crippen LogP contribution in [0.2, 0.25) is 0 Å². The molecule has 0 fully saturated rings. The predicted molar refractivity (Wildman–Crippen MR) is 72.8 cm³/mol. The van der Waals surface area contributed by atoms with Gasteiger partial charge in [0.2, 0.25) is 15.9 Å². The van der Waals surface area contributed by atoms with Crippen LogP contribution in [-0.2, 0) is 21.4 Å². The van der Waals surface area contributed by atoms with E-state index in [0.29, 0.717) is 12.1 Å². The number of nitrogens with two attached hydrogens (primary N) is 1. The van der Waals surface area contributed by atoms with Crippen molar-refractivity contribution in [3.8, 4) is 0 Å². The van der Waals surface area contributed by atoms with Gasteiger partial charge in [0.15, 0.2) is 0 Å².